The highest BCUT2D eigenvalue weighted by atomic mass is 35.5. The molecule has 2 atom stereocenters. The molecule has 4 rings (SSSR count). The summed E-state index contributed by atoms with van der Waals surface area (Å²) in [7, 11) is 0. The van der Waals surface area contributed by atoms with Crippen molar-refractivity contribution in [1.29, 1.82) is 0 Å². The van der Waals surface area contributed by atoms with Crippen molar-refractivity contribution in [3.63, 3.8) is 0 Å². The third kappa shape index (κ3) is 3.57. The number of carbonyl (C=O) groups is 1. The second-order valence-electron chi connectivity index (χ2n) is 6.25. The molecule has 1 aromatic heterocycles. The van der Waals surface area contributed by atoms with E-state index in [1.165, 1.54) is 23.9 Å². The smallest absolute Gasteiger partial charge is 0.240 e. The minimum Gasteiger partial charge on any atom is -0.323 e. The van der Waals surface area contributed by atoms with Crippen molar-refractivity contribution in [3.8, 4) is 0 Å². The Bertz CT molecular complexity index is 1010. The number of benzene rings is 2. The van der Waals surface area contributed by atoms with Gasteiger partial charge in [0.15, 0.2) is 5.82 Å². The Morgan fingerprint density at radius 3 is 2.71 bits per heavy atom. The van der Waals surface area contributed by atoms with Crippen LogP contribution in [0.4, 0.5) is 10.1 Å². The summed E-state index contributed by atoms with van der Waals surface area (Å²) in [6, 6.07) is 13.0. The van der Waals surface area contributed by atoms with Crippen molar-refractivity contribution in [2.75, 3.05) is 10.7 Å². The van der Waals surface area contributed by atoms with E-state index < -0.39 is 11.1 Å². The van der Waals surface area contributed by atoms with Gasteiger partial charge in [-0.3, -0.25) is 4.79 Å². The molecule has 28 heavy (non-hydrogen) atoms. The summed E-state index contributed by atoms with van der Waals surface area (Å²) in [6.07, 6.45) is 0.694. The molecule has 0 aliphatic carbocycles. The molecule has 2 heterocycles. The summed E-state index contributed by atoms with van der Waals surface area (Å²) >= 11 is 7.31. The van der Waals surface area contributed by atoms with Crippen LogP contribution >= 0.6 is 23.4 Å². The number of hydrogen-bond donors (Lipinski definition) is 2. The van der Waals surface area contributed by atoms with Crippen molar-refractivity contribution in [2.45, 2.75) is 29.8 Å². The lowest BCUT2D eigenvalue weighted by molar-refractivity contribution is -0.116. The lowest BCUT2D eigenvalue weighted by atomic mass is 10.0. The zero-order chi connectivity index (χ0) is 19.7. The number of carbonyl (C=O) groups excluding carboxylic acids is 1. The van der Waals surface area contributed by atoms with E-state index in [0.29, 0.717) is 16.6 Å². The van der Waals surface area contributed by atoms with Crippen LogP contribution < -0.4 is 10.7 Å². The fraction of sp³-hybridized carbons (Fsp3) is 0.211. The van der Waals surface area contributed by atoms with E-state index in [-0.39, 0.29) is 17.6 Å². The molecule has 0 saturated carbocycles. The van der Waals surface area contributed by atoms with Gasteiger partial charge in [-0.25, -0.2) is 9.07 Å². The van der Waals surface area contributed by atoms with Crippen molar-refractivity contribution < 1.29 is 9.18 Å². The second-order valence-corrected chi connectivity index (χ2v) is 7.80. The third-order valence-electron chi connectivity index (χ3n) is 4.44. The predicted molar refractivity (Wildman–Crippen MR) is 108 cm³/mol. The molecule has 144 valence electrons. The van der Waals surface area contributed by atoms with Gasteiger partial charge in [-0.05, 0) is 29.8 Å². The van der Waals surface area contributed by atoms with E-state index in [9.17, 15) is 9.18 Å². The lowest BCUT2D eigenvalue weighted by Crippen LogP contribution is -2.41. The third-order valence-corrected chi connectivity index (χ3v) is 5.91. The number of hydrogen-bond acceptors (Lipinski definition) is 5. The summed E-state index contributed by atoms with van der Waals surface area (Å²) in [5, 5.41) is 11.6. The SMILES string of the molecule is CCc1nnc2n1N[C@H](c1ccc(Cl)cc1)[C@@H](C(=O)Nc1ccccc1F)S2. The first-order valence-electron chi connectivity index (χ1n) is 8.75. The number of rotatable bonds is 4. The second kappa shape index (κ2) is 7.81. The average Bonchev–Trinajstić information content (AvgIpc) is 3.11. The van der Waals surface area contributed by atoms with Crippen LogP contribution in [0.15, 0.2) is 53.7 Å². The first-order valence-corrected chi connectivity index (χ1v) is 10.0. The van der Waals surface area contributed by atoms with E-state index in [0.717, 1.165) is 11.4 Å². The molecule has 0 bridgehead atoms. The summed E-state index contributed by atoms with van der Waals surface area (Å²) in [5.74, 6) is -0.0339. The number of amides is 1. The van der Waals surface area contributed by atoms with Crippen LogP contribution in [-0.2, 0) is 11.2 Å². The van der Waals surface area contributed by atoms with Crippen LogP contribution in [0.3, 0.4) is 0 Å². The number of nitrogens with one attached hydrogen (secondary N) is 2. The summed E-state index contributed by atoms with van der Waals surface area (Å²) in [6.45, 7) is 1.98. The molecule has 6 nitrogen and oxygen atoms in total. The maximum atomic E-state index is 14.0. The van der Waals surface area contributed by atoms with Gasteiger partial charge in [0, 0.05) is 11.4 Å². The molecule has 9 heteroatoms. The number of thioether (sulfide) groups is 1. The fourth-order valence-corrected chi connectivity index (χ4v) is 4.24. The molecule has 2 N–H and O–H groups in total. The van der Waals surface area contributed by atoms with E-state index in [4.69, 9.17) is 11.6 Å². The van der Waals surface area contributed by atoms with Gasteiger partial charge >= 0.3 is 0 Å². The monoisotopic (exact) mass is 417 g/mol. The van der Waals surface area contributed by atoms with Crippen LogP contribution in [-0.4, -0.2) is 26.0 Å². The van der Waals surface area contributed by atoms with Gasteiger partial charge in [-0.2, -0.15) is 0 Å². The minimum atomic E-state index is -0.581. The highest BCUT2D eigenvalue weighted by molar-refractivity contribution is 8.00. The normalized spacial score (nSPS) is 18.2. The maximum Gasteiger partial charge on any atom is 0.240 e. The molecule has 0 saturated heterocycles. The number of anilines is 1. The fourth-order valence-electron chi connectivity index (χ4n) is 3.01. The molecular weight excluding hydrogens is 401 g/mol. The largest absolute Gasteiger partial charge is 0.323 e. The van der Waals surface area contributed by atoms with E-state index in [1.807, 2.05) is 19.1 Å². The molecule has 1 aliphatic rings. The average molecular weight is 418 g/mol. The van der Waals surface area contributed by atoms with Gasteiger partial charge in [0.1, 0.15) is 11.1 Å². The number of aromatic nitrogens is 3. The minimum absolute atomic E-state index is 0.143. The van der Waals surface area contributed by atoms with Crippen LogP contribution in [0.1, 0.15) is 24.4 Å². The summed E-state index contributed by atoms with van der Waals surface area (Å²) in [5.41, 5.74) is 4.36. The van der Waals surface area contributed by atoms with Crippen LogP contribution in [0.2, 0.25) is 5.02 Å². The van der Waals surface area contributed by atoms with Gasteiger partial charge in [-0.15, -0.1) is 10.2 Å². The highest BCUT2D eigenvalue weighted by Crippen LogP contribution is 2.38. The van der Waals surface area contributed by atoms with Crippen molar-refractivity contribution in [3.05, 3.63) is 70.8 Å². The molecular formula is C19H17ClFN5OS. The number of aryl methyl sites for hydroxylation is 1. The molecule has 0 unspecified atom stereocenters. The molecule has 0 fully saturated rings. The van der Waals surface area contributed by atoms with E-state index in [2.05, 4.69) is 20.9 Å². The van der Waals surface area contributed by atoms with Gasteiger partial charge in [0.2, 0.25) is 11.1 Å². The molecule has 3 aromatic rings. The van der Waals surface area contributed by atoms with Crippen molar-refractivity contribution in [2.24, 2.45) is 0 Å². The number of para-hydroxylation sites is 1. The topological polar surface area (TPSA) is 71.8 Å². The Morgan fingerprint density at radius 2 is 2.00 bits per heavy atom. The standard InChI is InChI=1S/C19H17ClFN5OS/c1-2-15-23-24-19-26(15)25-16(11-7-9-12(20)10-8-11)17(28-19)18(27)22-14-6-4-3-5-13(14)21/h3-10,16-17,25H,2H2,1H3,(H,22,27)/t16-,17+/m1/s1. The first kappa shape index (κ1) is 18.8. The Kier molecular flexibility index (Phi) is 5.23. The van der Waals surface area contributed by atoms with Crippen molar-refractivity contribution in [1.82, 2.24) is 14.9 Å². The van der Waals surface area contributed by atoms with Crippen molar-refractivity contribution >= 4 is 35.0 Å². The first-order chi connectivity index (χ1) is 13.6. The summed E-state index contributed by atoms with van der Waals surface area (Å²) in [4.78, 5) is 13.0. The molecule has 0 spiro atoms. The number of halogens is 2. The van der Waals surface area contributed by atoms with E-state index in [1.54, 1.807) is 28.9 Å². The van der Waals surface area contributed by atoms with Gasteiger partial charge in [0.05, 0.1) is 11.7 Å². The number of nitrogens with zero attached hydrogens (tertiary/aromatic N) is 3. The molecule has 2 aromatic carbocycles. The van der Waals surface area contributed by atoms with Crippen LogP contribution in [0.5, 0.6) is 0 Å². The lowest BCUT2D eigenvalue weighted by Gasteiger charge is -2.33. The van der Waals surface area contributed by atoms with Gasteiger partial charge in [0.25, 0.3) is 0 Å². The van der Waals surface area contributed by atoms with Crippen LogP contribution in [0.25, 0.3) is 0 Å². The van der Waals surface area contributed by atoms with Gasteiger partial charge in [-0.1, -0.05) is 54.6 Å². The quantitative estimate of drug-likeness (QED) is 0.670. The Morgan fingerprint density at radius 1 is 1.25 bits per heavy atom. The molecule has 0 radical (unpaired) electrons. The van der Waals surface area contributed by atoms with Crippen LogP contribution in [0, 0.1) is 5.82 Å². The number of fused-ring (bicyclic) bond motifs is 1. The molecule has 1 aliphatic heterocycles. The Hall–Kier alpha value is -2.58. The highest BCUT2D eigenvalue weighted by Gasteiger charge is 2.37. The zero-order valence-electron chi connectivity index (χ0n) is 14.9. The molecule has 1 amide bonds. The zero-order valence-corrected chi connectivity index (χ0v) is 16.5. The predicted octanol–water partition coefficient (Wildman–Crippen LogP) is 4.03. The maximum absolute atomic E-state index is 14.0. The Labute approximate surface area is 170 Å². The summed E-state index contributed by atoms with van der Waals surface area (Å²) < 4.78 is 15.8. The van der Waals surface area contributed by atoms with Gasteiger partial charge < -0.3 is 10.7 Å². The van der Waals surface area contributed by atoms with E-state index >= 15 is 0 Å². The Balaban J connectivity index is 1.68.